The average molecular weight is 365 g/mol. The van der Waals surface area contributed by atoms with E-state index in [-0.39, 0.29) is 11.6 Å². The maximum absolute atomic E-state index is 12.2. The summed E-state index contributed by atoms with van der Waals surface area (Å²) in [5.41, 5.74) is 1.90. The minimum atomic E-state index is -3.60. The lowest BCUT2D eigenvalue weighted by molar-refractivity contribution is 0.554. The summed E-state index contributed by atoms with van der Waals surface area (Å²) < 4.78 is 30.6. The fourth-order valence-electron chi connectivity index (χ4n) is 2.30. The number of hydrogen-bond acceptors (Lipinski definition) is 5. The lowest BCUT2D eigenvalue weighted by atomic mass is 10.3. The molecule has 0 aliphatic carbocycles. The lowest BCUT2D eigenvalue weighted by Gasteiger charge is -2.06. The topological polar surface area (TPSA) is 81.8 Å². The summed E-state index contributed by atoms with van der Waals surface area (Å²) in [6, 6.07) is 6.00. The molecule has 0 fully saturated rings. The van der Waals surface area contributed by atoms with E-state index in [2.05, 4.69) is 14.8 Å². The number of aryl methyl sites for hydroxylation is 3. The number of aromatic nitrogens is 4. The molecule has 0 aliphatic rings. The van der Waals surface area contributed by atoms with Crippen LogP contribution in [-0.4, -0.2) is 34.3 Å². The second-order valence-corrected chi connectivity index (χ2v) is 8.17. The summed E-state index contributed by atoms with van der Waals surface area (Å²) >= 11 is 1.63. The molecule has 0 saturated heterocycles. The van der Waals surface area contributed by atoms with Crippen LogP contribution in [-0.2, 0) is 23.6 Å². The number of hydrogen-bond donors (Lipinski definition) is 1. The summed E-state index contributed by atoms with van der Waals surface area (Å²) in [5, 5.41) is 6.58. The van der Waals surface area contributed by atoms with Crippen molar-refractivity contribution in [1.29, 1.82) is 0 Å². The molecule has 0 aliphatic heterocycles. The molecule has 0 amide bonds. The van der Waals surface area contributed by atoms with Crippen molar-refractivity contribution in [3.63, 3.8) is 0 Å². The molecular weight excluding hydrogens is 346 g/mol. The highest BCUT2D eigenvalue weighted by Gasteiger charge is 2.18. The van der Waals surface area contributed by atoms with Gasteiger partial charge in [0.2, 0.25) is 0 Å². The Hall–Kier alpha value is -1.97. The summed E-state index contributed by atoms with van der Waals surface area (Å²) in [4.78, 5) is 5.15. The minimum absolute atomic E-state index is 0.0407. The molecule has 0 bridgehead atoms. The minimum Gasteiger partial charge on any atom is -0.337 e. The molecule has 1 N–H and O–H groups in total. The highest BCUT2D eigenvalue weighted by atomic mass is 32.2. The van der Waals surface area contributed by atoms with Crippen LogP contribution in [0.25, 0.3) is 10.6 Å². The zero-order valence-corrected chi connectivity index (χ0v) is 15.4. The summed E-state index contributed by atoms with van der Waals surface area (Å²) in [5.74, 6) is 0.652. The van der Waals surface area contributed by atoms with Crippen LogP contribution in [0.5, 0.6) is 0 Å². The second-order valence-electron chi connectivity index (χ2n) is 5.51. The molecule has 0 radical (unpaired) electrons. The van der Waals surface area contributed by atoms with Gasteiger partial charge in [-0.15, -0.1) is 11.3 Å². The van der Waals surface area contributed by atoms with Gasteiger partial charge in [-0.25, -0.2) is 18.1 Å². The fourth-order valence-corrected chi connectivity index (χ4v) is 4.04. The molecule has 0 unspecified atom stereocenters. The van der Waals surface area contributed by atoms with Crippen LogP contribution in [0.2, 0.25) is 0 Å². The van der Waals surface area contributed by atoms with Crippen molar-refractivity contribution in [2.75, 3.05) is 6.54 Å². The van der Waals surface area contributed by atoms with Crippen LogP contribution in [0.15, 0.2) is 34.8 Å². The standard InChI is InChI=1S/C15H19N5O2S2/c1-11-9-13(14-5-4-8-23-14)18-20(11)7-6-16-24(21,22)15-10-19(3)12(2)17-15/h4-5,8-10,16H,6-7H2,1-3H3. The number of nitrogens with zero attached hydrogens (tertiary/aromatic N) is 4. The monoisotopic (exact) mass is 365 g/mol. The van der Waals surface area contributed by atoms with E-state index in [0.717, 1.165) is 16.3 Å². The van der Waals surface area contributed by atoms with Gasteiger partial charge < -0.3 is 4.57 Å². The first-order valence-corrected chi connectivity index (χ1v) is 9.81. The van der Waals surface area contributed by atoms with E-state index in [4.69, 9.17) is 0 Å². The molecule has 3 aromatic heterocycles. The number of sulfonamides is 1. The molecule has 24 heavy (non-hydrogen) atoms. The van der Waals surface area contributed by atoms with Gasteiger partial charge in [-0.05, 0) is 31.4 Å². The first-order chi connectivity index (χ1) is 11.4. The van der Waals surface area contributed by atoms with Gasteiger partial charge in [0.1, 0.15) is 11.5 Å². The molecule has 3 rings (SSSR count). The number of nitrogens with one attached hydrogen (secondary N) is 1. The van der Waals surface area contributed by atoms with Crippen molar-refractivity contribution in [1.82, 2.24) is 24.1 Å². The molecule has 0 atom stereocenters. The van der Waals surface area contributed by atoms with E-state index in [1.54, 1.807) is 34.6 Å². The van der Waals surface area contributed by atoms with Gasteiger partial charge in [-0.2, -0.15) is 5.10 Å². The zero-order valence-electron chi connectivity index (χ0n) is 13.7. The first kappa shape index (κ1) is 16.9. The van der Waals surface area contributed by atoms with Crippen LogP contribution in [0.1, 0.15) is 11.5 Å². The Morgan fingerprint density at radius 1 is 1.33 bits per heavy atom. The third kappa shape index (κ3) is 3.42. The van der Waals surface area contributed by atoms with Gasteiger partial charge in [-0.1, -0.05) is 6.07 Å². The zero-order chi connectivity index (χ0) is 17.3. The van der Waals surface area contributed by atoms with Crippen LogP contribution >= 0.6 is 11.3 Å². The number of rotatable bonds is 6. The van der Waals surface area contributed by atoms with Gasteiger partial charge in [0, 0.05) is 25.5 Å². The van der Waals surface area contributed by atoms with E-state index in [1.165, 1.54) is 6.20 Å². The normalized spacial score (nSPS) is 12.0. The van der Waals surface area contributed by atoms with Crippen molar-refractivity contribution in [3.8, 4) is 10.6 Å². The SMILES string of the molecule is Cc1nc(S(=O)(=O)NCCn2nc(-c3cccs3)cc2C)cn1C. The Labute approximate surface area is 145 Å². The lowest BCUT2D eigenvalue weighted by Crippen LogP contribution is -2.28. The Balaban J connectivity index is 1.66. The van der Waals surface area contributed by atoms with Crippen LogP contribution in [0.4, 0.5) is 0 Å². The predicted molar refractivity (Wildman–Crippen MR) is 93.4 cm³/mol. The third-order valence-corrected chi connectivity index (χ3v) is 5.96. The van der Waals surface area contributed by atoms with Crippen molar-refractivity contribution in [3.05, 3.63) is 41.3 Å². The van der Waals surface area contributed by atoms with Gasteiger partial charge in [0.25, 0.3) is 10.0 Å². The summed E-state index contributed by atoms with van der Waals surface area (Å²) in [6.45, 7) is 4.44. The quantitative estimate of drug-likeness (QED) is 0.724. The summed E-state index contributed by atoms with van der Waals surface area (Å²) in [7, 11) is -1.84. The Kier molecular flexibility index (Phi) is 4.57. The van der Waals surface area contributed by atoms with Crippen LogP contribution in [0.3, 0.4) is 0 Å². The van der Waals surface area contributed by atoms with E-state index >= 15 is 0 Å². The Bertz CT molecular complexity index is 919. The van der Waals surface area contributed by atoms with Gasteiger partial charge in [-0.3, -0.25) is 4.68 Å². The van der Waals surface area contributed by atoms with E-state index in [1.807, 2.05) is 30.5 Å². The molecule has 0 spiro atoms. The largest absolute Gasteiger partial charge is 0.337 e. The molecule has 9 heteroatoms. The van der Waals surface area contributed by atoms with Crippen LogP contribution < -0.4 is 4.72 Å². The van der Waals surface area contributed by atoms with Gasteiger partial charge in [0.15, 0.2) is 5.03 Å². The third-order valence-electron chi connectivity index (χ3n) is 3.73. The van der Waals surface area contributed by atoms with Crippen molar-refractivity contribution in [2.45, 2.75) is 25.4 Å². The highest BCUT2D eigenvalue weighted by molar-refractivity contribution is 7.89. The number of thiophene rings is 1. The van der Waals surface area contributed by atoms with E-state index < -0.39 is 10.0 Å². The molecular formula is C15H19N5O2S2. The highest BCUT2D eigenvalue weighted by Crippen LogP contribution is 2.23. The fraction of sp³-hybridized carbons (Fsp3) is 0.333. The number of imidazole rings is 1. The molecule has 0 saturated carbocycles. The summed E-state index contributed by atoms with van der Waals surface area (Å²) in [6.07, 6.45) is 1.51. The molecule has 7 nitrogen and oxygen atoms in total. The molecule has 128 valence electrons. The Morgan fingerprint density at radius 3 is 2.75 bits per heavy atom. The smallest absolute Gasteiger partial charge is 0.259 e. The Morgan fingerprint density at radius 2 is 2.12 bits per heavy atom. The van der Waals surface area contributed by atoms with Crippen molar-refractivity contribution < 1.29 is 8.42 Å². The maximum atomic E-state index is 12.2. The van der Waals surface area contributed by atoms with Gasteiger partial charge >= 0.3 is 0 Å². The predicted octanol–water partition coefficient (Wildman–Crippen LogP) is 1.94. The molecule has 3 heterocycles. The maximum Gasteiger partial charge on any atom is 0.259 e. The average Bonchev–Trinajstić information content (AvgIpc) is 3.22. The molecule has 0 aromatic carbocycles. The van der Waals surface area contributed by atoms with Crippen LogP contribution in [0, 0.1) is 13.8 Å². The molecule has 3 aromatic rings. The van der Waals surface area contributed by atoms with E-state index in [0.29, 0.717) is 12.4 Å². The van der Waals surface area contributed by atoms with Crippen molar-refractivity contribution in [2.24, 2.45) is 7.05 Å². The van der Waals surface area contributed by atoms with Gasteiger partial charge in [0.05, 0.1) is 11.4 Å². The first-order valence-electron chi connectivity index (χ1n) is 7.45. The van der Waals surface area contributed by atoms with Crippen molar-refractivity contribution >= 4 is 21.4 Å². The second kappa shape index (κ2) is 6.50. The van der Waals surface area contributed by atoms with E-state index in [9.17, 15) is 8.42 Å².